The van der Waals surface area contributed by atoms with Crippen LogP contribution < -0.4 is 16.0 Å². The number of rotatable bonds is 8. The van der Waals surface area contributed by atoms with Gasteiger partial charge >= 0.3 is 0 Å². The molecule has 0 aliphatic rings. The van der Waals surface area contributed by atoms with E-state index in [2.05, 4.69) is 20.9 Å². The predicted octanol–water partition coefficient (Wildman–Crippen LogP) is 4.11. The number of nitrogens with one attached hydrogen (secondary N) is 3. The van der Waals surface area contributed by atoms with E-state index in [9.17, 15) is 9.59 Å². The minimum absolute atomic E-state index is 0.310. The summed E-state index contributed by atoms with van der Waals surface area (Å²) in [4.78, 5) is 27.0. The van der Waals surface area contributed by atoms with Crippen LogP contribution in [0.2, 0.25) is 0 Å². The van der Waals surface area contributed by atoms with Gasteiger partial charge in [-0.1, -0.05) is 36.4 Å². The molecule has 10 heteroatoms. The Morgan fingerprint density at radius 2 is 1.20 bits per heavy atom. The molecule has 0 aliphatic carbocycles. The maximum Gasteiger partial charge on any atom is 0.252 e. The third-order valence-electron chi connectivity index (χ3n) is 3.83. The maximum atomic E-state index is 12.4. The molecule has 6 nitrogen and oxygen atoms in total. The van der Waals surface area contributed by atoms with E-state index in [1.165, 1.54) is 0 Å². The average molecular weight is 490 g/mol. The standard InChI is InChI=1S/C20H20Cl4N4O2/c1-12(25-17(15(21)22)27-19(29)13-8-4-2-5-9-13)26-18(16(23)24)28-20(30)14-10-6-3-7-11-14/h2-11,15-18H,1H3,(H,25,26)(H,27,29)(H,28,30)/t17-,18+. The fourth-order valence-corrected chi connectivity index (χ4v) is 2.90. The lowest BCUT2D eigenvalue weighted by Crippen LogP contribution is -2.52. The van der Waals surface area contributed by atoms with Gasteiger partial charge in [-0.05, 0) is 31.2 Å². The zero-order chi connectivity index (χ0) is 22.1. The molecule has 0 radical (unpaired) electrons. The first kappa shape index (κ1) is 24.3. The van der Waals surface area contributed by atoms with Crippen LogP contribution in [0, 0.1) is 0 Å². The largest absolute Gasteiger partial charge is 0.352 e. The van der Waals surface area contributed by atoms with Crippen LogP contribution >= 0.6 is 46.4 Å². The van der Waals surface area contributed by atoms with Crippen molar-refractivity contribution in [2.24, 2.45) is 4.99 Å². The first-order valence-corrected chi connectivity index (χ1v) is 10.6. The van der Waals surface area contributed by atoms with E-state index in [0.29, 0.717) is 17.0 Å². The lowest BCUT2D eigenvalue weighted by molar-refractivity contribution is 0.0931. The Kier molecular flexibility index (Phi) is 9.72. The van der Waals surface area contributed by atoms with Crippen LogP contribution in [-0.2, 0) is 0 Å². The molecule has 0 aliphatic heterocycles. The summed E-state index contributed by atoms with van der Waals surface area (Å²) >= 11 is 23.9. The van der Waals surface area contributed by atoms with E-state index >= 15 is 0 Å². The Morgan fingerprint density at radius 3 is 1.63 bits per heavy atom. The van der Waals surface area contributed by atoms with Gasteiger partial charge in [0.05, 0.1) is 5.84 Å². The smallest absolute Gasteiger partial charge is 0.252 e. The van der Waals surface area contributed by atoms with Gasteiger partial charge in [-0.15, -0.1) is 46.4 Å². The van der Waals surface area contributed by atoms with E-state index in [4.69, 9.17) is 46.4 Å². The highest BCUT2D eigenvalue weighted by Crippen LogP contribution is 2.12. The van der Waals surface area contributed by atoms with E-state index in [-0.39, 0.29) is 11.8 Å². The molecule has 3 N–H and O–H groups in total. The molecule has 2 aromatic rings. The van der Waals surface area contributed by atoms with Crippen LogP contribution in [-0.4, -0.2) is 39.7 Å². The third kappa shape index (κ3) is 7.69. The summed E-state index contributed by atoms with van der Waals surface area (Å²) in [6.07, 6.45) is -1.79. The second-order valence-corrected chi connectivity index (χ2v) is 8.46. The van der Waals surface area contributed by atoms with E-state index < -0.39 is 22.0 Å². The Morgan fingerprint density at radius 1 is 0.733 bits per heavy atom. The number of alkyl halides is 4. The molecule has 0 saturated carbocycles. The second kappa shape index (κ2) is 12.0. The monoisotopic (exact) mass is 488 g/mol. The van der Waals surface area contributed by atoms with Crippen LogP contribution in [0.1, 0.15) is 27.6 Å². The highest BCUT2D eigenvalue weighted by molar-refractivity contribution is 6.45. The summed E-state index contributed by atoms with van der Waals surface area (Å²) in [5.41, 5.74) is 0.884. The van der Waals surface area contributed by atoms with Crippen molar-refractivity contribution in [1.29, 1.82) is 0 Å². The molecule has 0 bridgehead atoms. The number of benzene rings is 2. The van der Waals surface area contributed by atoms with Gasteiger partial charge in [-0.3, -0.25) is 9.59 Å². The SMILES string of the molecule is CC(=N[C@@H](NC(=O)c1ccccc1)C(Cl)Cl)N[C@H](NC(=O)c1ccccc1)C(Cl)Cl. The van der Waals surface area contributed by atoms with Crippen molar-refractivity contribution in [3.8, 4) is 0 Å². The summed E-state index contributed by atoms with van der Waals surface area (Å²) in [6.45, 7) is 1.61. The number of amides is 2. The maximum absolute atomic E-state index is 12.4. The van der Waals surface area contributed by atoms with Gasteiger partial charge in [0.25, 0.3) is 11.8 Å². The summed E-state index contributed by atoms with van der Waals surface area (Å²) < 4.78 is 0. The molecule has 0 spiro atoms. The summed E-state index contributed by atoms with van der Waals surface area (Å²) in [6, 6.07) is 17.2. The molecular formula is C20H20Cl4N4O2. The first-order chi connectivity index (χ1) is 14.3. The second-order valence-electron chi connectivity index (χ2n) is 6.13. The van der Waals surface area contributed by atoms with Gasteiger partial charge in [0.2, 0.25) is 0 Å². The van der Waals surface area contributed by atoms with Crippen molar-refractivity contribution in [2.45, 2.75) is 28.9 Å². The van der Waals surface area contributed by atoms with Crippen molar-refractivity contribution >= 4 is 64.1 Å². The molecule has 2 aromatic carbocycles. The molecule has 2 amide bonds. The van der Waals surface area contributed by atoms with Gasteiger partial charge < -0.3 is 16.0 Å². The Labute approximate surface area is 194 Å². The number of nitrogens with zero attached hydrogens (tertiary/aromatic N) is 1. The number of aliphatic imine (C=N–C) groups is 1. The number of hydrogen-bond donors (Lipinski definition) is 3. The van der Waals surface area contributed by atoms with E-state index in [0.717, 1.165) is 0 Å². The number of hydrogen-bond acceptors (Lipinski definition) is 3. The number of halogens is 4. The van der Waals surface area contributed by atoms with Crippen molar-refractivity contribution in [1.82, 2.24) is 16.0 Å². The minimum Gasteiger partial charge on any atom is -0.352 e. The molecule has 0 unspecified atom stereocenters. The topological polar surface area (TPSA) is 82.6 Å². The lowest BCUT2D eigenvalue weighted by Gasteiger charge is -2.23. The van der Waals surface area contributed by atoms with Crippen molar-refractivity contribution in [3.05, 3.63) is 71.8 Å². The van der Waals surface area contributed by atoms with Crippen LogP contribution in [0.25, 0.3) is 0 Å². The molecule has 30 heavy (non-hydrogen) atoms. The lowest BCUT2D eigenvalue weighted by atomic mass is 10.2. The van der Waals surface area contributed by atoms with Gasteiger partial charge in [-0.2, -0.15) is 0 Å². The average Bonchev–Trinajstić information content (AvgIpc) is 2.73. The van der Waals surface area contributed by atoms with Gasteiger partial charge in [0, 0.05) is 11.1 Å². The van der Waals surface area contributed by atoms with Crippen LogP contribution in [0.5, 0.6) is 0 Å². The highest BCUT2D eigenvalue weighted by Gasteiger charge is 2.23. The van der Waals surface area contributed by atoms with Crippen LogP contribution in [0.3, 0.4) is 0 Å². The van der Waals surface area contributed by atoms with Gasteiger partial charge in [0.1, 0.15) is 15.8 Å². The number of carbonyl (C=O) groups is 2. The van der Waals surface area contributed by atoms with Crippen LogP contribution in [0.4, 0.5) is 0 Å². The molecular weight excluding hydrogens is 470 g/mol. The fraction of sp³-hybridized carbons (Fsp3) is 0.250. The van der Waals surface area contributed by atoms with Gasteiger partial charge in [0.15, 0.2) is 6.17 Å². The third-order valence-corrected chi connectivity index (χ3v) is 4.81. The van der Waals surface area contributed by atoms with Crippen LogP contribution in [0.15, 0.2) is 65.7 Å². The summed E-state index contributed by atoms with van der Waals surface area (Å²) in [5, 5.41) is 8.23. The summed E-state index contributed by atoms with van der Waals surface area (Å²) in [5.74, 6) is -0.442. The Balaban J connectivity index is 2.07. The molecule has 0 heterocycles. The predicted molar refractivity (Wildman–Crippen MR) is 123 cm³/mol. The van der Waals surface area contributed by atoms with E-state index in [1.807, 2.05) is 0 Å². The van der Waals surface area contributed by atoms with Crippen molar-refractivity contribution in [2.75, 3.05) is 0 Å². The first-order valence-electron chi connectivity index (χ1n) is 8.87. The highest BCUT2D eigenvalue weighted by atomic mass is 35.5. The zero-order valence-corrected chi connectivity index (χ0v) is 18.9. The molecule has 160 valence electrons. The molecule has 0 aromatic heterocycles. The Hall–Kier alpha value is -1.99. The molecule has 0 saturated heterocycles. The van der Waals surface area contributed by atoms with Crippen molar-refractivity contribution < 1.29 is 9.59 Å². The van der Waals surface area contributed by atoms with E-state index in [1.54, 1.807) is 67.6 Å². The quantitative estimate of drug-likeness (QED) is 0.226. The normalized spacial score (nSPS) is 13.6. The number of carbonyl (C=O) groups excluding carboxylic acids is 2. The Bertz CT molecular complexity index is 864. The summed E-state index contributed by atoms with van der Waals surface area (Å²) in [7, 11) is 0. The molecule has 2 atom stereocenters. The zero-order valence-electron chi connectivity index (χ0n) is 15.9. The fourth-order valence-electron chi connectivity index (χ4n) is 2.41. The number of amidine groups is 1. The van der Waals surface area contributed by atoms with Crippen molar-refractivity contribution in [3.63, 3.8) is 0 Å². The van der Waals surface area contributed by atoms with Gasteiger partial charge in [-0.25, -0.2) is 4.99 Å². The molecule has 2 rings (SSSR count). The minimum atomic E-state index is -1.02. The molecule has 0 fully saturated rings.